The number of hydrogen-bond acceptors (Lipinski definition) is 4. The van der Waals surface area contributed by atoms with Gasteiger partial charge in [-0.2, -0.15) is 0 Å². The molecule has 2 aliphatic rings. The number of rotatable bonds is 3. The van der Waals surface area contributed by atoms with E-state index in [1.54, 1.807) is 17.2 Å². The van der Waals surface area contributed by atoms with E-state index in [0.29, 0.717) is 5.69 Å². The number of imide groups is 1. The Balaban J connectivity index is 1.59. The van der Waals surface area contributed by atoms with Gasteiger partial charge in [-0.3, -0.25) is 14.4 Å². The number of carbonyl (C=O) groups excluding carboxylic acids is 2. The molecule has 0 aliphatic carbocycles. The predicted molar refractivity (Wildman–Crippen MR) is 113 cm³/mol. The molecule has 2 heterocycles. The number of para-hydroxylation sites is 2. The average molecular weight is 449 g/mol. The van der Waals surface area contributed by atoms with Crippen molar-refractivity contribution in [2.24, 2.45) is 5.92 Å². The molecule has 2 fully saturated rings. The third-order valence-corrected chi connectivity index (χ3v) is 5.88. The lowest BCUT2D eigenvalue weighted by molar-refractivity contribution is -0.126. The largest absolute Gasteiger partial charge is 0.273 e. The first kappa shape index (κ1) is 18.1. The summed E-state index contributed by atoms with van der Waals surface area (Å²) in [5.74, 6) is -1.19. The minimum Gasteiger partial charge on any atom is -0.273 e. The van der Waals surface area contributed by atoms with Crippen molar-refractivity contribution in [3.05, 3.63) is 95.0 Å². The van der Waals surface area contributed by atoms with Crippen LogP contribution in [0.25, 0.3) is 0 Å². The zero-order chi connectivity index (χ0) is 20.0. The molecule has 0 bridgehead atoms. The molecule has 2 aliphatic heterocycles. The van der Waals surface area contributed by atoms with Crippen molar-refractivity contribution in [1.29, 1.82) is 0 Å². The molecule has 0 radical (unpaired) electrons. The van der Waals surface area contributed by atoms with Gasteiger partial charge in [-0.15, -0.1) is 0 Å². The first-order chi connectivity index (χ1) is 14.1. The minimum atomic E-state index is -0.850. The standard InChI is InChI=1S/C23H17BrN2O3/c24-16-13-11-15(12-14-16)20-19-21(29-26(20)18-9-5-2-6-10-18)23(28)25(22(19)27)17-7-3-1-4-8-17/h1-14,19-21H/t19-,20-,21-/m0/s1. The molecule has 0 spiro atoms. The number of amides is 2. The first-order valence-corrected chi connectivity index (χ1v) is 10.1. The van der Waals surface area contributed by atoms with Gasteiger partial charge in [0.05, 0.1) is 17.4 Å². The van der Waals surface area contributed by atoms with Crippen LogP contribution in [0.1, 0.15) is 11.6 Å². The van der Waals surface area contributed by atoms with Crippen molar-refractivity contribution in [3.8, 4) is 0 Å². The normalized spacial score (nSPS) is 23.6. The average Bonchev–Trinajstić information content (AvgIpc) is 3.26. The maximum atomic E-state index is 13.4. The summed E-state index contributed by atoms with van der Waals surface area (Å²) in [4.78, 5) is 33.9. The van der Waals surface area contributed by atoms with E-state index in [1.807, 2.05) is 72.8 Å². The summed E-state index contributed by atoms with van der Waals surface area (Å²) in [6, 6.07) is 25.9. The highest BCUT2D eigenvalue weighted by Crippen LogP contribution is 2.47. The Labute approximate surface area is 176 Å². The fourth-order valence-corrected chi connectivity index (χ4v) is 4.31. The fraction of sp³-hybridized carbons (Fsp3) is 0.130. The van der Waals surface area contributed by atoms with Crippen LogP contribution in [-0.2, 0) is 14.4 Å². The number of anilines is 2. The van der Waals surface area contributed by atoms with Gasteiger partial charge < -0.3 is 0 Å². The molecule has 3 atom stereocenters. The van der Waals surface area contributed by atoms with Gasteiger partial charge in [0.2, 0.25) is 5.91 Å². The topological polar surface area (TPSA) is 49.9 Å². The summed E-state index contributed by atoms with van der Waals surface area (Å²) in [5, 5.41) is 1.71. The highest BCUT2D eigenvalue weighted by Gasteiger charge is 2.60. The van der Waals surface area contributed by atoms with Gasteiger partial charge in [0, 0.05) is 4.47 Å². The highest BCUT2D eigenvalue weighted by molar-refractivity contribution is 9.10. The molecule has 2 amide bonds. The third-order valence-electron chi connectivity index (χ3n) is 5.35. The Hall–Kier alpha value is -2.96. The summed E-state index contributed by atoms with van der Waals surface area (Å²) >= 11 is 3.46. The summed E-state index contributed by atoms with van der Waals surface area (Å²) in [5.41, 5.74) is 2.30. The van der Waals surface area contributed by atoms with Crippen molar-refractivity contribution in [3.63, 3.8) is 0 Å². The lowest BCUT2D eigenvalue weighted by Gasteiger charge is -2.28. The second-order valence-corrected chi connectivity index (χ2v) is 7.97. The third kappa shape index (κ3) is 2.96. The molecule has 0 unspecified atom stereocenters. The van der Waals surface area contributed by atoms with Gasteiger partial charge in [-0.05, 0) is 42.0 Å². The molecule has 0 N–H and O–H groups in total. The molecule has 29 heavy (non-hydrogen) atoms. The highest BCUT2D eigenvalue weighted by atomic mass is 79.9. The number of hydroxylamine groups is 1. The SMILES string of the molecule is O=C1[C@@H]2[C@H](ON(c3ccccc3)[C@H]2c2ccc(Br)cc2)C(=O)N1c1ccccc1. The molecule has 144 valence electrons. The summed E-state index contributed by atoms with van der Waals surface area (Å²) < 4.78 is 0.947. The van der Waals surface area contributed by atoms with E-state index in [0.717, 1.165) is 15.7 Å². The van der Waals surface area contributed by atoms with Gasteiger partial charge in [0.1, 0.15) is 5.92 Å². The summed E-state index contributed by atoms with van der Waals surface area (Å²) in [7, 11) is 0. The molecular formula is C23H17BrN2O3. The van der Waals surface area contributed by atoms with E-state index in [4.69, 9.17) is 4.84 Å². The molecule has 5 rings (SSSR count). The number of fused-ring (bicyclic) bond motifs is 1. The Morgan fingerprint density at radius 2 is 1.31 bits per heavy atom. The van der Waals surface area contributed by atoms with E-state index >= 15 is 0 Å². The quantitative estimate of drug-likeness (QED) is 0.553. The van der Waals surface area contributed by atoms with Crippen molar-refractivity contribution in [2.75, 3.05) is 9.96 Å². The first-order valence-electron chi connectivity index (χ1n) is 9.34. The van der Waals surface area contributed by atoms with E-state index in [-0.39, 0.29) is 11.8 Å². The lowest BCUT2D eigenvalue weighted by Crippen LogP contribution is -2.37. The molecule has 6 heteroatoms. The van der Waals surface area contributed by atoms with Gasteiger partial charge in [-0.1, -0.05) is 64.5 Å². The zero-order valence-electron chi connectivity index (χ0n) is 15.3. The zero-order valence-corrected chi connectivity index (χ0v) is 16.9. The van der Waals surface area contributed by atoms with Gasteiger partial charge >= 0.3 is 0 Å². The number of benzene rings is 3. The van der Waals surface area contributed by atoms with Crippen LogP contribution in [-0.4, -0.2) is 17.9 Å². The Kier molecular flexibility index (Phi) is 4.45. The monoisotopic (exact) mass is 448 g/mol. The number of nitrogens with zero attached hydrogens (tertiary/aromatic N) is 2. The van der Waals surface area contributed by atoms with Crippen LogP contribution in [0, 0.1) is 5.92 Å². The second-order valence-electron chi connectivity index (χ2n) is 7.06. The molecule has 3 aromatic carbocycles. The Bertz CT molecular complexity index is 1060. The van der Waals surface area contributed by atoms with E-state index in [9.17, 15) is 9.59 Å². The minimum absolute atomic E-state index is 0.238. The van der Waals surface area contributed by atoms with Crippen LogP contribution in [0.3, 0.4) is 0 Å². The maximum Gasteiger partial charge on any atom is 0.266 e. The molecule has 2 saturated heterocycles. The van der Waals surface area contributed by atoms with Crippen LogP contribution >= 0.6 is 15.9 Å². The van der Waals surface area contributed by atoms with E-state index < -0.39 is 18.1 Å². The van der Waals surface area contributed by atoms with Crippen molar-refractivity contribution in [2.45, 2.75) is 12.1 Å². The second kappa shape index (κ2) is 7.13. The number of carbonyl (C=O) groups is 2. The maximum absolute atomic E-state index is 13.4. The predicted octanol–water partition coefficient (Wildman–Crippen LogP) is 4.50. The van der Waals surface area contributed by atoms with Gasteiger partial charge in [0.15, 0.2) is 6.10 Å². The van der Waals surface area contributed by atoms with Crippen molar-refractivity contribution in [1.82, 2.24) is 0 Å². The number of hydrogen-bond donors (Lipinski definition) is 0. The van der Waals surface area contributed by atoms with Crippen molar-refractivity contribution >= 4 is 39.1 Å². The van der Waals surface area contributed by atoms with Gasteiger partial charge in [-0.25, -0.2) is 9.96 Å². The van der Waals surface area contributed by atoms with Crippen molar-refractivity contribution < 1.29 is 14.4 Å². The smallest absolute Gasteiger partial charge is 0.266 e. The lowest BCUT2D eigenvalue weighted by atomic mass is 9.90. The molecule has 5 nitrogen and oxygen atoms in total. The Morgan fingerprint density at radius 3 is 1.93 bits per heavy atom. The molecule has 0 saturated carbocycles. The van der Waals surface area contributed by atoms with E-state index in [2.05, 4.69) is 15.9 Å². The van der Waals surface area contributed by atoms with Gasteiger partial charge in [0.25, 0.3) is 5.91 Å². The molecular weight excluding hydrogens is 432 g/mol. The molecule has 0 aromatic heterocycles. The van der Waals surface area contributed by atoms with Crippen LogP contribution in [0.15, 0.2) is 89.4 Å². The van der Waals surface area contributed by atoms with Crippen LogP contribution in [0.5, 0.6) is 0 Å². The number of halogens is 1. The molecule has 3 aromatic rings. The summed E-state index contributed by atoms with van der Waals surface area (Å²) in [6.45, 7) is 0. The summed E-state index contributed by atoms with van der Waals surface area (Å²) in [6.07, 6.45) is -0.850. The Morgan fingerprint density at radius 1 is 0.724 bits per heavy atom. The van der Waals surface area contributed by atoms with Crippen LogP contribution in [0.4, 0.5) is 11.4 Å². The van der Waals surface area contributed by atoms with E-state index in [1.165, 1.54) is 4.90 Å². The fourth-order valence-electron chi connectivity index (χ4n) is 4.04. The van der Waals surface area contributed by atoms with Crippen LogP contribution in [0.2, 0.25) is 0 Å². The van der Waals surface area contributed by atoms with Crippen LogP contribution < -0.4 is 9.96 Å².